The summed E-state index contributed by atoms with van der Waals surface area (Å²) in [5, 5.41) is 0.903. The zero-order valence-electron chi connectivity index (χ0n) is 21.0. The summed E-state index contributed by atoms with van der Waals surface area (Å²) >= 11 is 0. The van der Waals surface area contributed by atoms with Crippen LogP contribution in [0.1, 0.15) is 43.4 Å². The van der Waals surface area contributed by atoms with Crippen molar-refractivity contribution >= 4 is 22.8 Å². The molecule has 1 aromatic heterocycles. The average molecular weight is 500 g/mol. The lowest BCUT2D eigenvalue weighted by atomic mass is 9.80. The Hall–Kier alpha value is -4.26. The van der Waals surface area contributed by atoms with Gasteiger partial charge in [-0.1, -0.05) is 54.6 Å². The number of hydrogen-bond donors (Lipinski definition) is 1. The average Bonchev–Trinajstić information content (AvgIpc) is 3.29. The van der Waals surface area contributed by atoms with Crippen LogP contribution in [0.4, 0.5) is 0 Å². The number of aromatic nitrogens is 1. The summed E-state index contributed by atoms with van der Waals surface area (Å²) < 4.78 is 23.0. The Balaban J connectivity index is 1.57. The molecule has 1 aliphatic rings. The summed E-state index contributed by atoms with van der Waals surface area (Å²) in [5.74, 6) is -3.33. The van der Waals surface area contributed by atoms with Crippen molar-refractivity contribution in [3.63, 3.8) is 0 Å². The van der Waals surface area contributed by atoms with Gasteiger partial charge < -0.3 is 23.9 Å². The Bertz CT molecular complexity index is 1400. The Labute approximate surface area is 215 Å². The minimum absolute atomic E-state index is 0.377. The van der Waals surface area contributed by atoms with Crippen molar-refractivity contribution in [3.05, 3.63) is 95.7 Å². The van der Waals surface area contributed by atoms with Crippen LogP contribution in [-0.2, 0) is 25.7 Å². The Kier molecular flexibility index (Phi) is 6.61. The first-order chi connectivity index (χ1) is 17.9. The molecule has 1 saturated heterocycles. The van der Waals surface area contributed by atoms with Crippen molar-refractivity contribution in [2.75, 3.05) is 6.61 Å². The molecule has 0 aliphatic carbocycles. The van der Waals surface area contributed by atoms with E-state index in [9.17, 15) is 9.59 Å². The fraction of sp³-hybridized carbons (Fsp3) is 0.267. The highest BCUT2D eigenvalue weighted by Gasteiger charge is 2.48. The van der Waals surface area contributed by atoms with Crippen LogP contribution >= 0.6 is 0 Å². The highest BCUT2D eigenvalue weighted by molar-refractivity contribution is 5.99. The van der Waals surface area contributed by atoms with Gasteiger partial charge in [0.05, 0.1) is 6.61 Å². The highest BCUT2D eigenvalue weighted by Crippen LogP contribution is 2.43. The van der Waals surface area contributed by atoms with E-state index in [2.05, 4.69) is 4.98 Å². The molecule has 0 amide bonds. The SMILES string of the molecule is CCOc1cc([C@@H](c2c[nH]c3ccccc23)C2C(=O)OC(C)(C)OC2=O)ccc1OCc1ccccc1. The van der Waals surface area contributed by atoms with Crippen LogP contribution in [0.3, 0.4) is 0 Å². The van der Waals surface area contributed by atoms with E-state index in [1.165, 1.54) is 0 Å². The molecule has 1 atom stereocenters. The van der Waals surface area contributed by atoms with Crippen molar-refractivity contribution < 1.29 is 28.5 Å². The van der Waals surface area contributed by atoms with Gasteiger partial charge >= 0.3 is 11.9 Å². The molecular weight excluding hydrogens is 470 g/mol. The zero-order valence-corrected chi connectivity index (χ0v) is 21.0. The number of fused-ring (bicyclic) bond motifs is 1. The summed E-state index contributed by atoms with van der Waals surface area (Å²) in [4.78, 5) is 29.7. The van der Waals surface area contributed by atoms with Gasteiger partial charge in [-0.15, -0.1) is 0 Å². The third kappa shape index (κ3) is 5.03. The van der Waals surface area contributed by atoms with Crippen molar-refractivity contribution in [2.24, 2.45) is 5.92 Å². The molecule has 1 N–H and O–H groups in total. The lowest BCUT2D eigenvalue weighted by molar-refractivity contribution is -0.240. The number of benzene rings is 3. The third-order valence-electron chi connectivity index (χ3n) is 6.35. The molecule has 1 aliphatic heterocycles. The first kappa shape index (κ1) is 24.4. The van der Waals surface area contributed by atoms with E-state index in [1.807, 2.05) is 85.9 Å². The quantitative estimate of drug-likeness (QED) is 0.246. The fourth-order valence-corrected chi connectivity index (χ4v) is 4.74. The normalized spacial score (nSPS) is 16.2. The number of para-hydroxylation sites is 1. The van der Waals surface area contributed by atoms with Gasteiger partial charge in [-0.25, -0.2) is 0 Å². The van der Waals surface area contributed by atoms with E-state index >= 15 is 0 Å². The fourth-order valence-electron chi connectivity index (χ4n) is 4.74. The maximum Gasteiger partial charge on any atom is 0.324 e. The number of hydrogen-bond acceptors (Lipinski definition) is 6. The molecule has 3 aromatic carbocycles. The van der Waals surface area contributed by atoms with Crippen molar-refractivity contribution in [1.82, 2.24) is 4.98 Å². The van der Waals surface area contributed by atoms with Crippen LogP contribution in [0.25, 0.3) is 10.9 Å². The highest BCUT2D eigenvalue weighted by atomic mass is 16.7. The number of carbonyl (C=O) groups excluding carboxylic acids is 2. The monoisotopic (exact) mass is 499 g/mol. The van der Waals surface area contributed by atoms with Gasteiger partial charge in [0.1, 0.15) is 6.61 Å². The van der Waals surface area contributed by atoms with Gasteiger partial charge in [0.15, 0.2) is 17.4 Å². The summed E-state index contributed by atoms with van der Waals surface area (Å²) in [7, 11) is 0. The number of rotatable bonds is 8. The number of ether oxygens (including phenoxy) is 4. The topological polar surface area (TPSA) is 86.9 Å². The number of aromatic amines is 1. The van der Waals surface area contributed by atoms with Crippen LogP contribution < -0.4 is 9.47 Å². The molecule has 2 heterocycles. The minimum Gasteiger partial charge on any atom is -0.490 e. The molecule has 0 bridgehead atoms. The van der Waals surface area contributed by atoms with Crippen LogP contribution in [0.2, 0.25) is 0 Å². The van der Waals surface area contributed by atoms with E-state index in [0.717, 1.165) is 22.0 Å². The predicted molar refractivity (Wildman–Crippen MR) is 138 cm³/mol. The number of carbonyl (C=O) groups is 2. The molecule has 7 heteroatoms. The molecule has 37 heavy (non-hydrogen) atoms. The Morgan fingerprint density at radius 2 is 1.59 bits per heavy atom. The number of esters is 2. The maximum atomic E-state index is 13.2. The van der Waals surface area contributed by atoms with Crippen molar-refractivity contribution in [2.45, 2.75) is 39.1 Å². The lowest BCUT2D eigenvalue weighted by Crippen LogP contribution is -2.48. The molecule has 0 spiro atoms. The predicted octanol–water partition coefficient (Wildman–Crippen LogP) is 5.73. The van der Waals surface area contributed by atoms with E-state index in [0.29, 0.717) is 30.3 Å². The largest absolute Gasteiger partial charge is 0.490 e. The first-order valence-corrected chi connectivity index (χ1v) is 12.3. The van der Waals surface area contributed by atoms with E-state index in [1.54, 1.807) is 13.8 Å². The minimum atomic E-state index is -1.32. The summed E-state index contributed by atoms with van der Waals surface area (Å²) in [6.45, 7) is 5.79. The van der Waals surface area contributed by atoms with Gasteiger partial charge in [-0.05, 0) is 41.8 Å². The van der Waals surface area contributed by atoms with E-state index < -0.39 is 29.6 Å². The van der Waals surface area contributed by atoms with Gasteiger partial charge in [0.25, 0.3) is 5.79 Å². The smallest absolute Gasteiger partial charge is 0.324 e. The van der Waals surface area contributed by atoms with Gasteiger partial charge in [-0.3, -0.25) is 9.59 Å². The molecule has 4 aromatic rings. The van der Waals surface area contributed by atoms with Crippen molar-refractivity contribution in [3.8, 4) is 11.5 Å². The maximum absolute atomic E-state index is 13.2. The molecule has 5 rings (SSSR count). The van der Waals surface area contributed by atoms with E-state index in [-0.39, 0.29) is 0 Å². The second-order valence-corrected chi connectivity index (χ2v) is 9.40. The molecule has 0 radical (unpaired) electrons. The van der Waals surface area contributed by atoms with Crippen LogP contribution in [0, 0.1) is 5.92 Å². The van der Waals surface area contributed by atoms with Gasteiger partial charge in [0, 0.05) is 36.9 Å². The molecule has 0 unspecified atom stereocenters. The summed E-state index contributed by atoms with van der Waals surface area (Å²) in [6.07, 6.45) is 1.83. The van der Waals surface area contributed by atoms with Crippen LogP contribution in [0.15, 0.2) is 79.0 Å². The van der Waals surface area contributed by atoms with E-state index in [4.69, 9.17) is 18.9 Å². The molecule has 1 fully saturated rings. The van der Waals surface area contributed by atoms with Crippen molar-refractivity contribution in [1.29, 1.82) is 0 Å². The Morgan fingerprint density at radius 1 is 0.892 bits per heavy atom. The molecular formula is C30H29NO6. The van der Waals surface area contributed by atoms with Gasteiger partial charge in [-0.2, -0.15) is 0 Å². The second kappa shape index (κ2) is 10.0. The molecule has 0 saturated carbocycles. The number of cyclic esters (lactones) is 2. The summed E-state index contributed by atoms with van der Waals surface area (Å²) in [6, 6.07) is 23.1. The summed E-state index contributed by atoms with van der Waals surface area (Å²) in [5.41, 5.74) is 3.42. The molecule has 7 nitrogen and oxygen atoms in total. The lowest BCUT2D eigenvalue weighted by Gasteiger charge is -2.36. The third-order valence-corrected chi connectivity index (χ3v) is 6.35. The van der Waals surface area contributed by atoms with Crippen LogP contribution in [-0.4, -0.2) is 29.3 Å². The molecule has 190 valence electrons. The zero-order chi connectivity index (χ0) is 26.0. The standard InChI is InChI=1S/C30H29NO6/c1-4-34-25-16-20(14-15-24(25)35-18-19-10-6-5-7-11-19)26(22-17-31-23-13-9-8-12-21(22)23)27-28(32)36-30(2,3)37-29(27)33/h5-17,26-27,31H,4,18H2,1-3H3/t26-/m0/s1. The number of H-pyrrole nitrogens is 1. The van der Waals surface area contributed by atoms with Crippen LogP contribution in [0.5, 0.6) is 11.5 Å². The van der Waals surface area contributed by atoms with Gasteiger partial charge in [0.2, 0.25) is 0 Å². The first-order valence-electron chi connectivity index (χ1n) is 12.3. The second-order valence-electron chi connectivity index (χ2n) is 9.40. The number of nitrogens with one attached hydrogen (secondary N) is 1. The Morgan fingerprint density at radius 3 is 2.32 bits per heavy atom.